The highest BCUT2D eigenvalue weighted by Crippen LogP contribution is 2.03. The Bertz CT molecular complexity index is 416. The van der Waals surface area contributed by atoms with E-state index in [9.17, 15) is 9.59 Å². The van der Waals surface area contributed by atoms with Crippen LogP contribution in [-0.4, -0.2) is 41.5 Å². The predicted octanol–water partition coefficient (Wildman–Crippen LogP) is 0.532. The van der Waals surface area contributed by atoms with Gasteiger partial charge in [0.15, 0.2) is 0 Å². The molecule has 5 nitrogen and oxygen atoms in total. The Morgan fingerprint density at radius 1 is 1.32 bits per heavy atom. The van der Waals surface area contributed by atoms with Crippen molar-refractivity contribution in [1.29, 1.82) is 0 Å². The molecule has 0 heterocycles. The van der Waals surface area contributed by atoms with E-state index in [0.29, 0.717) is 13.0 Å². The molecule has 1 unspecified atom stereocenters. The molecule has 0 aliphatic rings. The summed E-state index contributed by atoms with van der Waals surface area (Å²) in [7, 11) is 1.58. The van der Waals surface area contributed by atoms with Crippen molar-refractivity contribution in [3.63, 3.8) is 0 Å². The van der Waals surface area contributed by atoms with Gasteiger partial charge in [0.2, 0.25) is 0 Å². The number of nitrogens with zero attached hydrogens (tertiary/aromatic N) is 1. The Labute approximate surface area is 113 Å². The lowest BCUT2D eigenvalue weighted by molar-refractivity contribution is -0.145. The van der Waals surface area contributed by atoms with Crippen LogP contribution in [0.3, 0.4) is 0 Å². The van der Waals surface area contributed by atoms with E-state index in [1.807, 2.05) is 37.3 Å². The fourth-order valence-electron chi connectivity index (χ4n) is 1.63. The van der Waals surface area contributed by atoms with Gasteiger partial charge in [-0.05, 0) is 12.0 Å². The van der Waals surface area contributed by atoms with E-state index in [4.69, 9.17) is 5.11 Å². The summed E-state index contributed by atoms with van der Waals surface area (Å²) in [5, 5.41) is 11.5. The van der Waals surface area contributed by atoms with Crippen LogP contribution in [0.15, 0.2) is 30.3 Å². The van der Waals surface area contributed by atoms with Crippen LogP contribution < -0.4 is 5.32 Å². The highest BCUT2D eigenvalue weighted by atomic mass is 16.3. The third-order valence-electron chi connectivity index (χ3n) is 2.85. The van der Waals surface area contributed by atoms with Crippen molar-refractivity contribution < 1.29 is 14.7 Å². The van der Waals surface area contributed by atoms with Crippen LogP contribution in [0.2, 0.25) is 0 Å². The van der Waals surface area contributed by atoms with E-state index in [1.165, 1.54) is 4.90 Å². The molecule has 0 radical (unpaired) electrons. The summed E-state index contributed by atoms with van der Waals surface area (Å²) in [6, 6.07) is 9.07. The smallest absolute Gasteiger partial charge is 0.311 e. The number of carbonyl (C=O) groups is 2. The van der Waals surface area contributed by atoms with Gasteiger partial charge >= 0.3 is 11.8 Å². The van der Waals surface area contributed by atoms with Gasteiger partial charge in [-0.1, -0.05) is 37.3 Å². The monoisotopic (exact) mass is 264 g/mol. The molecule has 0 spiro atoms. The molecule has 1 aromatic carbocycles. The zero-order valence-corrected chi connectivity index (χ0v) is 11.3. The Balaban J connectivity index is 2.54. The highest BCUT2D eigenvalue weighted by Gasteiger charge is 2.20. The van der Waals surface area contributed by atoms with Crippen molar-refractivity contribution in [2.45, 2.75) is 25.9 Å². The molecule has 5 heteroatoms. The molecule has 0 saturated heterocycles. The molecule has 1 rings (SSSR count). The number of hydrogen-bond acceptors (Lipinski definition) is 3. The predicted molar refractivity (Wildman–Crippen MR) is 72.2 cm³/mol. The molecule has 2 N–H and O–H groups in total. The second kappa shape index (κ2) is 7.53. The molecule has 1 aromatic rings. The average molecular weight is 264 g/mol. The molecule has 0 aliphatic heterocycles. The van der Waals surface area contributed by atoms with Gasteiger partial charge in [-0.15, -0.1) is 0 Å². The first-order chi connectivity index (χ1) is 9.08. The van der Waals surface area contributed by atoms with Gasteiger partial charge in [0.05, 0.1) is 12.6 Å². The van der Waals surface area contributed by atoms with Crippen molar-refractivity contribution in [3.8, 4) is 0 Å². The van der Waals surface area contributed by atoms with E-state index < -0.39 is 11.8 Å². The lowest BCUT2D eigenvalue weighted by Gasteiger charge is -2.19. The average Bonchev–Trinajstić information content (AvgIpc) is 2.44. The Hall–Kier alpha value is -1.88. The summed E-state index contributed by atoms with van der Waals surface area (Å²) >= 11 is 0. The Morgan fingerprint density at radius 2 is 1.95 bits per heavy atom. The number of likely N-dealkylation sites (N-methyl/N-ethyl adjacent to an activating group) is 1. The second-order valence-corrected chi connectivity index (χ2v) is 4.41. The maximum Gasteiger partial charge on any atom is 0.311 e. The number of rotatable bonds is 5. The molecule has 0 bridgehead atoms. The first-order valence-electron chi connectivity index (χ1n) is 6.29. The van der Waals surface area contributed by atoms with Crippen molar-refractivity contribution in [3.05, 3.63) is 35.9 Å². The lowest BCUT2D eigenvalue weighted by Crippen LogP contribution is -2.46. The minimum atomic E-state index is -0.681. The molecule has 19 heavy (non-hydrogen) atoms. The number of hydrogen-bond donors (Lipinski definition) is 2. The molecule has 104 valence electrons. The van der Waals surface area contributed by atoms with Gasteiger partial charge in [-0.2, -0.15) is 0 Å². The van der Waals surface area contributed by atoms with Crippen LogP contribution in [0, 0.1) is 0 Å². The third-order valence-corrected chi connectivity index (χ3v) is 2.85. The van der Waals surface area contributed by atoms with Gasteiger partial charge in [0.25, 0.3) is 0 Å². The molecular weight excluding hydrogens is 244 g/mol. The molecule has 0 fully saturated rings. The maximum atomic E-state index is 11.8. The van der Waals surface area contributed by atoms with Gasteiger partial charge in [-0.25, -0.2) is 0 Å². The largest absolute Gasteiger partial charge is 0.394 e. The first-order valence-corrected chi connectivity index (χ1v) is 6.29. The standard InChI is InChI=1S/C14H20N2O3/c1-3-12(10-17)15-13(18)14(19)16(2)9-11-7-5-4-6-8-11/h4-8,12,17H,3,9-10H2,1-2H3,(H,15,18). The van der Waals surface area contributed by atoms with E-state index in [1.54, 1.807) is 7.05 Å². The maximum absolute atomic E-state index is 11.8. The van der Waals surface area contributed by atoms with Crippen LogP contribution in [0.25, 0.3) is 0 Å². The zero-order valence-electron chi connectivity index (χ0n) is 11.3. The van der Waals surface area contributed by atoms with Crippen LogP contribution >= 0.6 is 0 Å². The molecule has 0 saturated carbocycles. The van der Waals surface area contributed by atoms with Crippen LogP contribution in [0.1, 0.15) is 18.9 Å². The molecule has 1 atom stereocenters. The molecular formula is C14H20N2O3. The van der Waals surface area contributed by atoms with E-state index in [2.05, 4.69) is 5.32 Å². The Morgan fingerprint density at radius 3 is 2.47 bits per heavy atom. The SMILES string of the molecule is CCC(CO)NC(=O)C(=O)N(C)Cc1ccccc1. The van der Waals surface area contributed by atoms with Crippen molar-refractivity contribution in [2.75, 3.05) is 13.7 Å². The number of aliphatic hydroxyl groups is 1. The van der Waals surface area contributed by atoms with E-state index in [0.717, 1.165) is 5.56 Å². The van der Waals surface area contributed by atoms with E-state index >= 15 is 0 Å². The minimum Gasteiger partial charge on any atom is -0.394 e. The number of carbonyl (C=O) groups excluding carboxylic acids is 2. The number of amides is 2. The summed E-state index contributed by atoms with van der Waals surface area (Å²) in [5.41, 5.74) is 0.959. The van der Waals surface area contributed by atoms with Gasteiger partial charge in [0.1, 0.15) is 0 Å². The first kappa shape index (κ1) is 15.2. The summed E-state index contributed by atoms with van der Waals surface area (Å²) in [6.07, 6.45) is 0.581. The normalized spacial score (nSPS) is 11.7. The van der Waals surface area contributed by atoms with Crippen LogP contribution in [-0.2, 0) is 16.1 Å². The zero-order chi connectivity index (χ0) is 14.3. The minimum absolute atomic E-state index is 0.169. The number of nitrogens with one attached hydrogen (secondary N) is 1. The molecule has 2 amide bonds. The summed E-state index contributed by atoms with van der Waals surface area (Å²) < 4.78 is 0. The fourth-order valence-corrected chi connectivity index (χ4v) is 1.63. The van der Waals surface area contributed by atoms with Crippen molar-refractivity contribution in [2.24, 2.45) is 0 Å². The number of aliphatic hydroxyl groups excluding tert-OH is 1. The molecule has 0 aliphatic carbocycles. The topological polar surface area (TPSA) is 69.6 Å². The highest BCUT2D eigenvalue weighted by molar-refractivity contribution is 6.34. The molecule has 0 aromatic heterocycles. The summed E-state index contributed by atoms with van der Waals surface area (Å²) in [6.45, 7) is 2.04. The second-order valence-electron chi connectivity index (χ2n) is 4.41. The van der Waals surface area contributed by atoms with Crippen LogP contribution in [0.5, 0.6) is 0 Å². The van der Waals surface area contributed by atoms with Gasteiger partial charge in [-0.3, -0.25) is 9.59 Å². The fraction of sp³-hybridized carbons (Fsp3) is 0.429. The summed E-state index contributed by atoms with van der Waals surface area (Å²) in [4.78, 5) is 24.9. The van der Waals surface area contributed by atoms with E-state index in [-0.39, 0.29) is 12.6 Å². The summed E-state index contributed by atoms with van der Waals surface area (Å²) in [5.74, 6) is -1.28. The van der Waals surface area contributed by atoms with Crippen molar-refractivity contribution >= 4 is 11.8 Å². The lowest BCUT2D eigenvalue weighted by atomic mass is 10.2. The van der Waals surface area contributed by atoms with Crippen LogP contribution in [0.4, 0.5) is 0 Å². The Kier molecular flexibility index (Phi) is 6.02. The van der Waals surface area contributed by atoms with Crippen molar-refractivity contribution in [1.82, 2.24) is 10.2 Å². The van der Waals surface area contributed by atoms with Gasteiger partial charge in [0, 0.05) is 13.6 Å². The third kappa shape index (κ3) is 4.71. The van der Waals surface area contributed by atoms with Gasteiger partial charge < -0.3 is 15.3 Å². The number of benzene rings is 1. The quantitative estimate of drug-likeness (QED) is 0.762.